The fraction of sp³-hybridized carbons (Fsp3) is 0.308. The number of ether oxygens (including phenoxy) is 1. The zero-order valence-corrected chi connectivity index (χ0v) is 8.83. The van der Waals surface area contributed by atoms with Gasteiger partial charge in [0, 0.05) is 0 Å². The van der Waals surface area contributed by atoms with E-state index in [2.05, 4.69) is 6.07 Å². The molecule has 0 amide bonds. The number of esters is 1. The SMILES string of the molecule is CC1(C)OC(=O)C2=C1Cc1ccccc12. The molecule has 0 atom stereocenters. The second-order valence-corrected chi connectivity index (χ2v) is 4.59. The molecule has 0 radical (unpaired) electrons. The molecule has 2 aliphatic rings. The molecule has 0 saturated heterocycles. The molecule has 1 heterocycles. The fourth-order valence-corrected chi connectivity index (χ4v) is 2.45. The summed E-state index contributed by atoms with van der Waals surface area (Å²) >= 11 is 0. The summed E-state index contributed by atoms with van der Waals surface area (Å²) in [7, 11) is 0. The zero-order valence-electron chi connectivity index (χ0n) is 8.83. The van der Waals surface area contributed by atoms with Gasteiger partial charge in [-0.2, -0.15) is 0 Å². The van der Waals surface area contributed by atoms with E-state index >= 15 is 0 Å². The van der Waals surface area contributed by atoms with Crippen molar-refractivity contribution >= 4 is 11.5 Å². The molecule has 0 saturated carbocycles. The van der Waals surface area contributed by atoms with Gasteiger partial charge in [-0.05, 0) is 37.0 Å². The molecule has 76 valence electrons. The molecule has 3 rings (SSSR count). The average molecular weight is 200 g/mol. The molecular formula is C13H12O2. The molecule has 1 aromatic rings. The summed E-state index contributed by atoms with van der Waals surface area (Å²) < 4.78 is 5.36. The molecule has 15 heavy (non-hydrogen) atoms. The van der Waals surface area contributed by atoms with Gasteiger partial charge in [-0.3, -0.25) is 0 Å². The van der Waals surface area contributed by atoms with E-state index in [1.165, 1.54) is 5.56 Å². The van der Waals surface area contributed by atoms with Crippen LogP contribution in [-0.2, 0) is 16.0 Å². The molecule has 0 unspecified atom stereocenters. The molecule has 1 aromatic carbocycles. The highest BCUT2D eigenvalue weighted by Crippen LogP contribution is 2.45. The van der Waals surface area contributed by atoms with Crippen molar-refractivity contribution in [3.63, 3.8) is 0 Å². The maximum Gasteiger partial charge on any atom is 0.339 e. The third-order valence-electron chi connectivity index (χ3n) is 3.23. The summed E-state index contributed by atoms with van der Waals surface area (Å²) in [4.78, 5) is 11.8. The number of carbonyl (C=O) groups is 1. The van der Waals surface area contributed by atoms with Gasteiger partial charge in [-0.15, -0.1) is 0 Å². The Balaban J connectivity index is 2.23. The van der Waals surface area contributed by atoms with E-state index in [9.17, 15) is 4.79 Å². The lowest BCUT2D eigenvalue weighted by Crippen LogP contribution is -2.24. The first-order chi connectivity index (χ1) is 7.09. The van der Waals surface area contributed by atoms with Crippen LogP contribution < -0.4 is 0 Å². The quantitative estimate of drug-likeness (QED) is 0.601. The minimum Gasteiger partial charge on any atom is -0.451 e. The smallest absolute Gasteiger partial charge is 0.339 e. The van der Waals surface area contributed by atoms with Crippen molar-refractivity contribution in [2.75, 3.05) is 0 Å². The van der Waals surface area contributed by atoms with Gasteiger partial charge in [-0.1, -0.05) is 24.3 Å². The first kappa shape index (κ1) is 8.72. The Bertz CT molecular complexity index is 495. The van der Waals surface area contributed by atoms with Gasteiger partial charge in [0.2, 0.25) is 0 Å². The van der Waals surface area contributed by atoms with Crippen molar-refractivity contribution < 1.29 is 9.53 Å². The van der Waals surface area contributed by atoms with Crippen LogP contribution in [0.3, 0.4) is 0 Å². The van der Waals surface area contributed by atoms with Crippen LogP contribution in [0.1, 0.15) is 25.0 Å². The van der Waals surface area contributed by atoms with E-state index in [1.54, 1.807) is 0 Å². The van der Waals surface area contributed by atoms with Crippen LogP contribution in [0.4, 0.5) is 0 Å². The van der Waals surface area contributed by atoms with Gasteiger partial charge in [0.1, 0.15) is 5.60 Å². The van der Waals surface area contributed by atoms with Crippen molar-refractivity contribution in [1.29, 1.82) is 0 Å². The van der Waals surface area contributed by atoms with E-state index < -0.39 is 5.60 Å². The Morgan fingerprint density at radius 2 is 2.00 bits per heavy atom. The predicted octanol–water partition coefficient (Wildman–Crippen LogP) is 2.33. The van der Waals surface area contributed by atoms with E-state index in [-0.39, 0.29) is 5.97 Å². The third kappa shape index (κ3) is 1.02. The molecule has 0 N–H and O–H groups in total. The summed E-state index contributed by atoms with van der Waals surface area (Å²) in [6, 6.07) is 8.06. The van der Waals surface area contributed by atoms with Crippen molar-refractivity contribution in [1.82, 2.24) is 0 Å². The number of benzene rings is 1. The number of fused-ring (bicyclic) bond motifs is 2. The Morgan fingerprint density at radius 3 is 2.80 bits per heavy atom. The summed E-state index contributed by atoms with van der Waals surface area (Å²) in [5.74, 6) is -0.167. The third-order valence-corrected chi connectivity index (χ3v) is 3.23. The van der Waals surface area contributed by atoms with E-state index in [0.29, 0.717) is 0 Å². The maximum atomic E-state index is 11.8. The highest BCUT2D eigenvalue weighted by molar-refractivity contribution is 6.21. The average Bonchev–Trinajstić information content (AvgIpc) is 2.64. The van der Waals surface area contributed by atoms with Gasteiger partial charge in [0.15, 0.2) is 0 Å². The topological polar surface area (TPSA) is 26.3 Å². The lowest BCUT2D eigenvalue weighted by Gasteiger charge is -2.20. The summed E-state index contributed by atoms with van der Waals surface area (Å²) in [5.41, 5.74) is 3.81. The number of carbonyl (C=O) groups excluding carboxylic acids is 1. The molecule has 0 spiro atoms. The van der Waals surface area contributed by atoms with E-state index in [4.69, 9.17) is 4.74 Å². The predicted molar refractivity (Wildman–Crippen MR) is 57.2 cm³/mol. The van der Waals surface area contributed by atoms with Gasteiger partial charge in [-0.25, -0.2) is 4.79 Å². The standard InChI is InChI=1S/C13H12O2/c1-13(2)10-7-8-5-3-4-6-9(8)11(10)12(14)15-13/h3-6H,7H2,1-2H3. The molecule has 1 aliphatic heterocycles. The first-order valence-electron chi connectivity index (χ1n) is 5.15. The van der Waals surface area contributed by atoms with Crippen molar-refractivity contribution in [3.8, 4) is 0 Å². The Kier molecular flexibility index (Phi) is 1.46. The van der Waals surface area contributed by atoms with E-state index in [1.807, 2.05) is 32.0 Å². The van der Waals surface area contributed by atoms with Gasteiger partial charge in [0.05, 0.1) is 5.57 Å². The second kappa shape index (κ2) is 2.51. The number of rotatable bonds is 0. The van der Waals surface area contributed by atoms with Crippen LogP contribution in [0.15, 0.2) is 29.8 Å². The molecule has 0 fully saturated rings. The molecule has 0 bridgehead atoms. The number of hydrogen-bond donors (Lipinski definition) is 0. The normalized spacial score (nSPS) is 21.3. The molecule has 2 heteroatoms. The summed E-state index contributed by atoms with van der Waals surface area (Å²) in [6.07, 6.45) is 0.851. The van der Waals surface area contributed by atoms with Crippen molar-refractivity contribution in [3.05, 3.63) is 41.0 Å². The monoisotopic (exact) mass is 200 g/mol. The molecular weight excluding hydrogens is 188 g/mol. The number of cyclic esters (lactones) is 1. The van der Waals surface area contributed by atoms with Crippen molar-refractivity contribution in [2.45, 2.75) is 25.9 Å². The Hall–Kier alpha value is -1.57. The molecule has 0 aromatic heterocycles. The maximum absolute atomic E-state index is 11.8. The van der Waals surface area contributed by atoms with E-state index in [0.717, 1.165) is 23.1 Å². The van der Waals surface area contributed by atoms with Gasteiger partial charge in [0.25, 0.3) is 0 Å². The number of hydrogen-bond acceptors (Lipinski definition) is 2. The summed E-state index contributed by atoms with van der Waals surface area (Å²) in [6.45, 7) is 3.91. The highest BCUT2D eigenvalue weighted by Gasteiger charge is 2.44. The molecule has 2 nitrogen and oxygen atoms in total. The minimum absolute atomic E-state index is 0.167. The summed E-state index contributed by atoms with van der Waals surface area (Å²) in [5, 5.41) is 0. The molecule has 1 aliphatic carbocycles. The second-order valence-electron chi connectivity index (χ2n) is 4.59. The fourth-order valence-electron chi connectivity index (χ4n) is 2.45. The van der Waals surface area contributed by atoms with Crippen LogP contribution >= 0.6 is 0 Å². The van der Waals surface area contributed by atoms with Crippen LogP contribution in [0.5, 0.6) is 0 Å². The van der Waals surface area contributed by atoms with Crippen LogP contribution in [0, 0.1) is 0 Å². The largest absolute Gasteiger partial charge is 0.451 e. The minimum atomic E-state index is -0.425. The lowest BCUT2D eigenvalue weighted by molar-refractivity contribution is -0.142. The van der Waals surface area contributed by atoms with Crippen LogP contribution in [0.25, 0.3) is 5.57 Å². The lowest BCUT2D eigenvalue weighted by atomic mass is 9.96. The van der Waals surface area contributed by atoms with Crippen LogP contribution in [0.2, 0.25) is 0 Å². The Morgan fingerprint density at radius 1 is 1.27 bits per heavy atom. The van der Waals surface area contributed by atoms with Crippen LogP contribution in [-0.4, -0.2) is 11.6 Å². The zero-order chi connectivity index (χ0) is 10.6. The highest BCUT2D eigenvalue weighted by atomic mass is 16.6. The first-order valence-corrected chi connectivity index (χ1v) is 5.15. The Labute approximate surface area is 88.6 Å². The van der Waals surface area contributed by atoms with Gasteiger partial charge < -0.3 is 4.74 Å². The van der Waals surface area contributed by atoms with Crippen molar-refractivity contribution in [2.24, 2.45) is 0 Å². The van der Waals surface area contributed by atoms with Gasteiger partial charge >= 0.3 is 5.97 Å².